The van der Waals surface area contributed by atoms with Gasteiger partial charge >= 0.3 is 0 Å². The maximum absolute atomic E-state index is 4.47. The molecule has 1 aromatic carbocycles. The van der Waals surface area contributed by atoms with Crippen LogP contribution in [0.3, 0.4) is 0 Å². The van der Waals surface area contributed by atoms with E-state index >= 15 is 0 Å². The van der Waals surface area contributed by atoms with E-state index in [1.807, 2.05) is 6.20 Å². The minimum absolute atomic E-state index is 1.06. The molecule has 0 radical (unpaired) electrons. The van der Waals surface area contributed by atoms with E-state index in [0.29, 0.717) is 0 Å². The highest BCUT2D eigenvalue weighted by molar-refractivity contribution is 7.15. The van der Waals surface area contributed by atoms with E-state index in [-0.39, 0.29) is 0 Å². The number of aromatic nitrogens is 1. The smallest absolute Gasteiger partial charge is 0.185 e. The standard InChI is InChI=1S/C15H19N3S/c1-12-3-5-14(6-4-12)17-7-9-18(10-8-17)15-16-11-13(2)19-15/h3-6,11H,7-10H2,1-2H3. The van der Waals surface area contributed by atoms with Gasteiger partial charge in [-0.05, 0) is 26.0 Å². The van der Waals surface area contributed by atoms with Crippen LogP contribution in [0, 0.1) is 13.8 Å². The van der Waals surface area contributed by atoms with E-state index in [1.165, 1.54) is 21.3 Å². The molecule has 2 heterocycles. The Morgan fingerprint density at radius 3 is 2.16 bits per heavy atom. The SMILES string of the molecule is Cc1ccc(N2CCN(c3ncc(C)s3)CC2)cc1. The van der Waals surface area contributed by atoms with Gasteiger partial charge < -0.3 is 9.80 Å². The van der Waals surface area contributed by atoms with Gasteiger partial charge in [-0.3, -0.25) is 0 Å². The summed E-state index contributed by atoms with van der Waals surface area (Å²) in [6, 6.07) is 8.81. The Morgan fingerprint density at radius 1 is 0.947 bits per heavy atom. The summed E-state index contributed by atoms with van der Waals surface area (Å²) in [4.78, 5) is 10.6. The Kier molecular flexibility index (Phi) is 3.42. The molecule has 0 unspecified atom stereocenters. The molecule has 1 aliphatic rings. The van der Waals surface area contributed by atoms with Crippen LogP contribution in [0.2, 0.25) is 0 Å². The van der Waals surface area contributed by atoms with Crippen molar-refractivity contribution in [1.82, 2.24) is 4.98 Å². The van der Waals surface area contributed by atoms with Crippen LogP contribution in [0.15, 0.2) is 30.5 Å². The van der Waals surface area contributed by atoms with Gasteiger partial charge in [-0.2, -0.15) is 0 Å². The van der Waals surface area contributed by atoms with Crippen molar-refractivity contribution >= 4 is 22.2 Å². The Hall–Kier alpha value is -1.55. The minimum atomic E-state index is 1.06. The first-order valence-electron chi connectivity index (χ1n) is 6.71. The minimum Gasteiger partial charge on any atom is -0.368 e. The predicted octanol–water partition coefficient (Wildman–Crippen LogP) is 3.09. The van der Waals surface area contributed by atoms with Gasteiger partial charge in [0.15, 0.2) is 5.13 Å². The fourth-order valence-electron chi connectivity index (χ4n) is 2.40. The van der Waals surface area contributed by atoms with E-state index in [0.717, 1.165) is 26.2 Å². The van der Waals surface area contributed by atoms with Gasteiger partial charge in [-0.15, -0.1) is 11.3 Å². The van der Waals surface area contributed by atoms with Crippen LogP contribution in [0.4, 0.5) is 10.8 Å². The maximum atomic E-state index is 4.47. The first kappa shape index (κ1) is 12.5. The number of hydrogen-bond acceptors (Lipinski definition) is 4. The molecule has 3 nitrogen and oxygen atoms in total. The lowest BCUT2D eigenvalue weighted by molar-refractivity contribution is 0.652. The molecule has 19 heavy (non-hydrogen) atoms. The molecule has 4 heteroatoms. The van der Waals surface area contributed by atoms with Gasteiger partial charge in [-0.1, -0.05) is 17.7 Å². The molecule has 0 N–H and O–H groups in total. The van der Waals surface area contributed by atoms with Gasteiger partial charge in [0.2, 0.25) is 0 Å². The average molecular weight is 273 g/mol. The number of aryl methyl sites for hydroxylation is 2. The lowest BCUT2D eigenvalue weighted by Gasteiger charge is -2.36. The van der Waals surface area contributed by atoms with Crippen LogP contribution in [0.5, 0.6) is 0 Å². The summed E-state index contributed by atoms with van der Waals surface area (Å²) < 4.78 is 0. The zero-order valence-corrected chi connectivity index (χ0v) is 12.3. The summed E-state index contributed by atoms with van der Waals surface area (Å²) in [7, 11) is 0. The third-order valence-electron chi connectivity index (χ3n) is 3.56. The monoisotopic (exact) mass is 273 g/mol. The molecule has 100 valence electrons. The van der Waals surface area contributed by atoms with Crippen LogP contribution < -0.4 is 9.80 Å². The topological polar surface area (TPSA) is 19.4 Å². The Morgan fingerprint density at radius 2 is 1.58 bits per heavy atom. The molecule has 1 aliphatic heterocycles. The third kappa shape index (κ3) is 2.73. The lowest BCUT2D eigenvalue weighted by Crippen LogP contribution is -2.46. The Bertz CT molecular complexity index is 539. The fourth-order valence-corrected chi connectivity index (χ4v) is 3.21. The second kappa shape index (κ2) is 5.21. The zero-order valence-electron chi connectivity index (χ0n) is 11.5. The summed E-state index contributed by atoms with van der Waals surface area (Å²) in [5.41, 5.74) is 2.65. The normalized spacial score (nSPS) is 15.9. The predicted molar refractivity (Wildman–Crippen MR) is 82.5 cm³/mol. The summed E-state index contributed by atoms with van der Waals surface area (Å²) in [6.45, 7) is 8.50. The summed E-state index contributed by atoms with van der Waals surface area (Å²) in [5, 5.41) is 1.17. The van der Waals surface area contributed by atoms with Crippen LogP contribution in [-0.4, -0.2) is 31.2 Å². The highest BCUT2D eigenvalue weighted by Crippen LogP contribution is 2.24. The van der Waals surface area contributed by atoms with Gasteiger partial charge in [0, 0.05) is 42.9 Å². The quantitative estimate of drug-likeness (QED) is 0.838. The van der Waals surface area contributed by atoms with E-state index < -0.39 is 0 Å². The molecule has 1 saturated heterocycles. The molecule has 0 aliphatic carbocycles. The van der Waals surface area contributed by atoms with Crippen molar-refractivity contribution in [2.45, 2.75) is 13.8 Å². The Balaban J connectivity index is 1.64. The molecule has 0 bridgehead atoms. The van der Waals surface area contributed by atoms with Crippen molar-refractivity contribution in [2.75, 3.05) is 36.0 Å². The maximum Gasteiger partial charge on any atom is 0.185 e. The average Bonchev–Trinajstić information content (AvgIpc) is 2.87. The van der Waals surface area contributed by atoms with Crippen LogP contribution in [0.25, 0.3) is 0 Å². The lowest BCUT2D eigenvalue weighted by atomic mass is 10.2. The summed E-state index contributed by atoms with van der Waals surface area (Å²) in [6.07, 6.45) is 1.96. The summed E-state index contributed by atoms with van der Waals surface area (Å²) >= 11 is 1.79. The number of anilines is 2. The molecule has 0 spiro atoms. The number of thiazole rings is 1. The van der Waals surface area contributed by atoms with Crippen LogP contribution >= 0.6 is 11.3 Å². The van der Waals surface area contributed by atoms with Crippen molar-refractivity contribution in [2.24, 2.45) is 0 Å². The highest BCUT2D eigenvalue weighted by atomic mass is 32.1. The second-order valence-electron chi connectivity index (χ2n) is 5.06. The van der Waals surface area contributed by atoms with Gasteiger partial charge in [0.1, 0.15) is 0 Å². The molecule has 3 rings (SSSR count). The third-order valence-corrected chi connectivity index (χ3v) is 4.53. The van der Waals surface area contributed by atoms with Crippen LogP contribution in [0.1, 0.15) is 10.4 Å². The molecule has 0 saturated carbocycles. The zero-order chi connectivity index (χ0) is 13.2. The largest absolute Gasteiger partial charge is 0.368 e. The molecular formula is C15H19N3S. The molecule has 2 aromatic rings. The number of piperazine rings is 1. The summed E-state index contributed by atoms with van der Waals surface area (Å²) in [5.74, 6) is 0. The first-order chi connectivity index (χ1) is 9.22. The fraction of sp³-hybridized carbons (Fsp3) is 0.400. The van der Waals surface area contributed by atoms with Gasteiger partial charge in [0.05, 0.1) is 0 Å². The number of benzene rings is 1. The van der Waals surface area contributed by atoms with Crippen molar-refractivity contribution in [3.63, 3.8) is 0 Å². The van der Waals surface area contributed by atoms with E-state index in [1.54, 1.807) is 11.3 Å². The highest BCUT2D eigenvalue weighted by Gasteiger charge is 2.19. The van der Waals surface area contributed by atoms with E-state index in [9.17, 15) is 0 Å². The van der Waals surface area contributed by atoms with E-state index in [2.05, 4.69) is 52.9 Å². The van der Waals surface area contributed by atoms with E-state index in [4.69, 9.17) is 0 Å². The van der Waals surface area contributed by atoms with Gasteiger partial charge in [0.25, 0.3) is 0 Å². The van der Waals surface area contributed by atoms with Crippen LogP contribution in [-0.2, 0) is 0 Å². The Labute approximate surface area is 118 Å². The molecule has 0 amide bonds. The molecule has 0 atom stereocenters. The van der Waals surface area contributed by atoms with Crippen molar-refractivity contribution in [3.8, 4) is 0 Å². The van der Waals surface area contributed by atoms with Crippen molar-refractivity contribution in [3.05, 3.63) is 40.9 Å². The van der Waals surface area contributed by atoms with Gasteiger partial charge in [-0.25, -0.2) is 4.98 Å². The molecule has 1 aromatic heterocycles. The number of rotatable bonds is 2. The molecule has 1 fully saturated rings. The number of hydrogen-bond donors (Lipinski definition) is 0. The van der Waals surface area contributed by atoms with Crippen molar-refractivity contribution < 1.29 is 0 Å². The number of nitrogens with zero attached hydrogens (tertiary/aromatic N) is 3. The first-order valence-corrected chi connectivity index (χ1v) is 7.53. The second-order valence-corrected chi connectivity index (χ2v) is 6.28. The molecular weight excluding hydrogens is 254 g/mol. The van der Waals surface area contributed by atoms with Crippen molar-refractivity contribution in [1.29, 1.82) is 0 Å².